The number of aliphatic imine (C=N–C) groups is 1. The standard InChI is InChI=1S/C23H26F2N6O2S/c1-15(32)21(33)31-23(16-6-3-2-4-7-16,10-13-28-29-22-26-11-5-12-27-22)34-20(30-31)18-14-17(24)8-9-19(18)25/h2-4,6-9,14-15,28,32H,5,10-13H2,1H3,(H2,26,27,29)/t15-,23?/m0/s1. The highest BCUT2D eigenvalue weighted by molar-refractivity contribution is 8.15. The second kappa shape index (κ2) is 10.5. The molecule has 0 saturated carbocycles. The average Bonchev–Trinajstić information content (AvgIpc) is 3.24. The first-order chi connectivity index (χ1) is 16.4. The Kier molecular flexibility index (Phi) is 7.44. The van der Waals surface area contributed by atoms with Crippen molar-refractivity contribution in [2.45, 2.75) is 30.7 Å². The number of benzene rings is 2. The summed E-state index contributed by atoms with van der Waals surface area (Å²) in [4.78, 5) is 16.3. The summed E-state index contributed by atoms with van der Waals surface area (Å²) in [5.41, 5.74) is 6.81. The molecule has 0 radical (unpaired) electrons. The first-order valence-electron chi connectivity index (χ1n) is 11.0. The van der Waals surface area contributed by atoms with Crippen LogP contribution in [0, 0.1) is 11.6 Å². The molecular weight excluding hydrogens is 462 g/mol. The lowest BCUT2D eigenvalue weighted by molar-refractivity contribution is -0.143. The van der Waals surface area contributed by atoms with Crippen molar-refractivity contribution in [3.63, 3.8) is 0 Å². The number of aliphatic hydroxyl groups is 1. The van der Waals surface area contributed by atoms with Gasteiger partial charge >= 0.3 is 0 Å². The number of carbonyl (C=O) groups excluding carboxylic acids is 1. The van der Waals surface area contributed by atoms with Gasteiger partial charge in [0.25, 0.3) is 5.91 Å². The van der Waals surface area contributed by atoms with Gasteiger partial charge in [-0.15, -0.1) is 0 Å². The van der Waals surface area contributed by atoms with Crippen LogP contribution in [0.15, 0.2) is 58.6 Å². The van der Waals surface area contributed by atoms with E-state index < -0.39 is 28.5 Å². The van der Waals surface area contributed by atoms with Crippen LogP contribution in [0.4, 0.5) is 8.78 Å². The minimum Gasteiger partial charge on any atom is -0.383 e. The van der Waals surface area contributed by atoms with Crippen molar-refractivity contribution < 1.29 is 18.7 Å². The number of hydrogen-bond donors (Lipinski definition) is 4. The van der Waals surface area contributed by atoms with Gasteiger partial charge in [0, 0.05) is 31.6 Å². The summed E-state index contributed by atoms with van der Waals surface area (Å²) in [7, 11) is 0. The lowest BCUT2D eigenvalue weighted by Crippen LogP contribution is -2.50. The summed E-state index contributed by atoms with van der Waals surface area (Å²) in [6, 6.07) is 12.3. The number of hydrazone groups is 1. The molecule has 0 spiro atoms. The predicted octanol–water partition coefficient (Wildman–Crippen LogP) is 2.27. The molecule has 0 fully saturated rings. The first-order valence-corrected chi connectivity index (χ1v) is 11.8. The molecule has 2 aromatic rings. The molecule has 2 heterocycles. The third-order valence-electron chi connectivity index (χ3n) is 5.44. The molecule has 4 rings (SSSR count). The Morgan fingerprint density at radius 1 is 1.29 bits per heavy atom. The summed E-state index contributed by atoms with van der Waals surface area (Å²) < 4.78 is 28.6. The van der Waals surface area contributed by atoms with Crippen LogP contribution in [0.3, 0.4) is 0 Å². The first kappa shape index (κ1) is 24.1. The molecule has 34 heavy (non-hydrogen) atoms. The van der Waals surface area contributed by atoms with E-state index in [0.29, 0.717) is 18.9 Å². The van der Waals surface area contributed by atoms with Crippen molar-refractivity contribution in [1.82, 2.24) is 21.2 Å². The Bertz CT molecular complexity index is 1100. The van der Waals surface area contributed by atoms with Gasteiger partial charge in [-0.2, -0.15) is 5.10 Å². The minimum atomic E-state index is -1.34. The molecule has 1 amide bonds. The summed E-state index contributed by atoms with van der Waals surface area (Å²) in [5.74, 6) is -1.27. The van der Waals surface area contributed by atoms with Crippen LogP contribution < -0.4 is 16.2 Å². The molecule has 0 saturated heterocycles. The topological polar surface area (TPSA) is 101 Å². The van der Waals surface area contributed by atoms with Gasteiger partial charge in [-0.3, -0.25) is 15.2 Å². The molecule has 0 aliphatic carbocycles. The summed E-state index contributed by atoms with van der Waals surface area (Å²) >= 11 is 1.15. The monoisotopic (exact) mass is 488 g/mol. The predicted molar refractivity (Wildman–Crippen MR) is 128 cm³/mol. The zero-order valence-electron chi connectivity index (χ0n) is 18.6. The number of halogens is 2. The van der Waals surface area contributed by atoms with Gasteiger partial charge in [-0.1, -0.05) is 42.1 Å². The van der Waals surface area contributed by atoms with Gasteiger partial charge in [0.05, 0.1) is 0 Å². The van der Waals surface area contributed by atoms with E-state index in [9.17, 15) is 18.7 Å². The number of aliphatic hydroxyl groups excluding tert-OH is 1. The quantitative estimate of drug-likeness (QED) is 0.352. The number of carbonyl (C=O) groups is 1. The van der Waals surface area contributed by atoms with E-state index >= 15 is 0 Å². The Morgan fingerprint density at radius 2 is 2.09 bits per heavy atom. The SMILES string of the molecule is C[C@H](O)C(=O)N1N=C(c2cc(F)ccc2F)SC1(CCNNC1=NCCCN1)c1ccccc1. The van der Waals surface area contributed by atoms with Gasteiger partial charge in [0.2, 0.25) is 5.96 Å². The Hall–Kier alpha value is -3.02. The van der Waals surface area contributed by atoms with E-state index in [1.165, 1.54) is 11.9 Å². The number of hydrogen-bond acceptors (Lipinski definition) is 8. The maximum Gasteiger partial charge on any atom is 0.272 e. The second-order valence-corrected chi connectivity index (χ2v) is 9.19. The van der Waals surface area contributed by atoms with E-state index in [1.807, 2.05) is 30.3 Å². The Balaban J connectivity index is 1.67. The van der Waals surface area contributed by atoms with Crippen molar-refractivity contribution in [3.05, 3.63) is 71.3 Å². The maximum atomic E-state index is 14.6. The highest BCUT2D eigenvalue weighted by atomic mass is 32.2. The van der Waals surface area contributed by atoms with E-state index in [0.717, 1.165) is 55.0 Å². The maximum absolute atomic E-state index is 14.6. The van der Waals surface area contributed by atoms with Crippen LogP contribution in [-0.2, 0) is 9.67 Å². The summed E-state index contributed by atoms with van der Waals surface area (Å²) in [6.45, 7) is 3.28. The molecular formula is C23H26F2N6O2S. The zero-order chi connectivity index (χ0) is 24.1. The number of hydrazine groups is 1. The molecule has 11 heteroatoms. The highest BCUT2D eigenvalue weighted by Gasteiger charge is 2.49. The van der Waals surface area contributed by atoms with Crippen LogP contribution >= 0.6 is 11.8 Å². The lowest BCUT2D eigenvalue weighted by atomic mass is 10.0. The fourth-order valence-electron chi connectivity index (χ4n) is 3.75. The Labute approximate surface area is 200 Å². The number of thioether (sulfide) groups is 1. The molecule has 8 nitrogen and oxygen atoms in total. The number of rotatable bonds is 7. The number of guanidine groups is 1. The third kappa shape index (κ3) is 5.06. The van der Waals surface area contributed by atoms with Crippen molar-refractivity contribution >= 4 is 28.7 Å². The molecule has 0 aromatic heterocycles. The molecule has 4 N–H and O–H groups in total. The van der Waals surface area contributed by atoms with E-state index in [1.54, 1.807) is 0 Å². The van der Waals surface area contributed by atoms with Crippen molar-refractivity contribution in [2.24, 2.45) is 10.1 Å². The molecule has 1 unspecified atom stereocenters. The van der Waals surface area contributed by atoms with Crippen molar-refractivity contribution in [3.8, 4) is 0 Å². The van der Waals surface area contributed by atoms with Gasteiger partial charge in [0.1, 0.15) is 27.7 Å². The van der Waals surface area contributed by atoms with Crippen LogP contribution in [0.2, 0.25) is 0 Å². The summed E-state index contributed by atoms with van der Waals surface area (Å²) in [5, 5.41) is 19.0. The van der Waals surface area contributed by atoms with Crippen molar-refractivity contribution in [1.29, 1.82) is 0 Å². The molecule has 2 aliphatic rings. The second-order valence-electron chi connectivity index (χ2n) is 7.92. The zero-order valence-corrected chi connectivity index (χ0v) is 19.4. The van der Waals surface area contributed by atoms with Crippen molar-refractivity contribution in [2.75, 3.05) is 19.6 Å². The van der Waals surface area contributed by atoms with E-state index in [2.05, 4.69) is 26.3 Å². The van der Waals surface area contributed by atoms with Gasteiger partial charge in [-0.05, 0) is 37.1 Å². The van der Waals surface area contributed by atoms with Gasteiger partial charge in [-0.25, -0.2) is 19.2 Å². The fourth-order valence-corrected chi connectivity index (χ4v) is 5.13. The van der Waals surface area contributed by atoms with Crippen LogP contribution in [0.25, 0.3) is 0 Å². The largest absolute Gasteiger partial charge is 0.383 e. The average molecular weight is 489 g/mol. The molecule has 2 aromatic carbocycles. The van der Waals surface area contributed by atoms with Crippen LogP contribution in [0.1, 0.15) is 30.9 Å². The lowest BCUT2D eigenvalue weighted by Gasteiger charge is -2.36. The molecule has 2 atom stereocenters. The molecule has 2 aliphatic heterocycles. The normalized spacial score (nSPS) is 20.9. The minimum absolute atomic E-state index is 0.0435. The highest BCUT2D eigenvalue weighted by Crippen LogP contribution is 2.50. The number of amides is 1. The summed E-state index contributed by atoms with van der Waals surface area (Å²) in [6.07, 6.45) is -0.0350. The third-order valence-corrected chi connectivity index (χ3v) is 6.89. The van der Waals surface area contributed by atoms with Crippen LogP contribution in [0.5, 0.6) is 0 Å². The van der Waals surface area contributed by atoms with E-state index in [-0.39, 0.29) is 10.6 Å². The van der Waals surface area contributed by atoms with Gasteiger partial charge < -0.3 is 10.4 Å². The smallest absolute Gasteiger partial charge is 0.272 e. The number of nitrogens with zero attached hydrogens (tertiary/aromatic N) is 3. The van der Waals surface area contributed by atoms with Crippen LogP contribution in [-0.4, -0.2) is 52.8 Å². The number of nitrogens with one attached hydrogen (secondary N) is 3. The molecule has 0 bridgehead atoms. The van der Waals surface area contributed by atoms with E-state index in [4.69, 9.17) is 0 Å². The molecule has 180 valence electrons. The Morgan fingerprint density at radius 3 is 2.79 bits per heavy atom. The van der Waals surface area contributed by atoms with Gasteiger partial charge in [0.15, 0.2) is 0 Å². The fraction of sp³-hybridized carbons (Fsp3) is 0.348.